The second kappa shape index (κ2) is 7.63. The number of carbonyl (C=O) groups is 1. The number of hydrogen-bond donors (Lipinski definition) is 1. The van der Waals surface area contributed by atoms with Gasteiger partial charge in [0, 0.05) is 28.8 Å². The van der Waals surface area contributed by atoms with Crippen molar-refractivity contribution in [3.05, 3.63) is 75.8 Å². The summed E-state index contributed by atoms with van der Waals surface area (Å²) in [7, 11) is 0. The first-order valence-corrected chi connectivity index (χ1v) is 9.75. The van der Waals surface area contributed by atoms with E-state index in [1.165, 1.54) is 0 Å². The highest BCUT2D eigenvalue weighted by molar-refractivity contribution is 9.10. The Morgan fingerprint density at radius 1 is 1.10 bits per heavy atom. The molecular weight excluding hydrogens is 434 g/mol. The lowest BCUT2D eigenvalue weighted by molar-refractivity contribution is 0.102. The van der Waals surface area contributed by atoms with Crippen LogP contribution in [0, 0.1) is 20.8 Å². The average Bonchev–Trinajstić information content (AvgIpc) is 3.31. The summed E-state index contributed by atoms with van der Waals surface area (Å²) in [6.45, 7) is 5.54. The van der Waals surface area contributed by atoms with Crippen molar-refractivity contribution in [3.63, 3.8) is 0 Å². The molecule has 0 radical (unpaired) electrons. The fraction of sp³-hybridized carbons (Fsp3) is 0.143. The number of nitrogens with one attached hydrogen (secondary N) is 1. The van der Waals surface area contributed by atoms with Crippen LogP contribution < -0.4 is 5.32 Å². The average molecular weight is 452 g/mol. The Labute approximate surface area is 175 Å². The van der Waals surface area contributed by atoms with Gasteiger partial charge in [-0.25, -0.2) is 4.68 Å². The number of hydrogen-bond acceptors (Lipinski definition) is 5. The van der Waals surface area contributed by atoms with Crippen molar-refractivity contribution in [1.29, 1.82) is 0 Å². The highest BCUT2D eigenvalue weighted by Crippen LogP contribution is 2.22. The van der Waals surface area contributed by atoms with Gasteiger partial charge in [0.05, 0.1) is 16.9 Å². The van der Waals surface area contributed by atoms with Crippen molar-refractivity contribution in [2.45, 2.75) is 20.8 Å². The van der Waals surface area contributed by atoms with Gasteiger partial charge in [0.2, 0.25) is 11.7 Å². The molecule has 0 atom stereocenters. The molecule has 0 aliphatic rings. The lowest BCUT2D eigenvalue weighted by Crippen LogP contribution is -2.12. The van der Waals surface area contributed by atoms with Crippen molar-refractivity contribution in [2.75, 3.05) is 5.32 Å². The van der Waals surface area contributed by atoms with Crippen molar-refractivity contribution >= 4 is 27.5 Å². The minimum atomic E-state index is -0.200. The van der Waals surface area contributed by atoms with Crippen LogP contribution in [0.25, 0.3) is 17.1 Å². The molecule has 0 fully saturated rings. The van der Waals surface area contributed by atoms with Crippen molar-refractivity contribution in [1.82, 2.24) is 19.9 Å². The SMILES string of the molecule is Cc1nc(-c2ccc(-n3cc(C(=O)Nc4ccc(Br)c(C)c4)c(C)n3)cc2)no1. The van der Waals surface area contributed by atoms with Crippen molar-refractivity contribution < 1.29 is 9.32 Å². The van der Waals surface area contributed by atoms with E-state index in [0.717, 1.165) is 27.0 Å². The van der Waals surface area contributed by atoms with E-state index in [9.17, 15) is 4.79 Å². The minimum Gasteiger partial charge on any atom is -0.339 e. The third kappa shape index (κ3) is 3.97. The van der Waals surface area contributed by atoms with E-state index >= 15 is 0 Å². The van der Waals surface area contributed by atoms with Crippen LogP contribution in [0.1, 0.15) is 27.5 Å². The molecule has 0 spiro atoms. The third-order valence-electron chi connectivity index (χ3n) is 4.48. The second-order valence-corrected chi connectivity index (χ2v) is 7.53. The fourth-order valence-electron chi connectivity index (χ4n) is 2.92. The highest BCUT2D eigenvalue weighted by atomic mass is 79.9. The molecule has 146 valence electrons. The topological polar surface area (TPSA) is 85.8 Å². The molecule has 4 aromatic rings. The zero-order valence-electron chi connectivity index (χ0n) is 16.1. The van der Waals surface area contributed by atoms with Gasteiger partial charge in [-0.05, 0) is 61.9 Å². The maximum absolute atomic E-state index is 12.7. The van der Waals surface area contributed by atoms with Gasteiger partial charge in [0.1, 0.15) is 0 Å². The largest absolute Gasteiger partial charge is 0.339 e. The second-order valence-electron chi connectivity index (χ2n) is 6.67. The number of nitrogens with zero attached hydrogens (tertiary/aromatic N) is 4. The van der Waals surface area contributed by atoms with Gasteiger partial charge >= 0.3 is 0 Å². The van der Waals surface area contributed by atoms with Crippen LogP contribution in [-0.4, -0.2) is 25.8 Å². The van der Waals surface area contributed by atoms with E-state index < -0.39 is 0 Å². The Bertz CT molecular complexity index is 1190. The standard InChI is InChI=1S/C21H18BrN5O2/c1-12-10-16(6-9-19(12)22)24-21(28)18-11-27(25-13(18)2)17-7-4-15(5-8-17)20-23-14(3)29-26-20/h4-11H,1-3H3,(H,24,28). The number of carbonyl (C=O) groups excluding carboxylic acids is 1. The molecule has 7 nitrogen and oxygen atoms in total. The maximum atomic E-state index is 12.7. The number of aromatic nitrogens is 4. The number of halogens is 1. The molecule has 0 aliphatic heterocycles. The van der Waals surface area contributed by atoms with Gasteiger partial charge in [-0.3, -0.25) is 4.79 Å². The normalized spacial score (nSPS) is 10.9. The van der Waals surface area contributed by atoms with Gasteiger partial charge in [0.15, 0.2) is 0 Å². The smallest absolute Gasteiger partial charge is 0.259 e. The summed E-state index contributed by atoms with van der Waals surface area (Å²) >= 11 is 3.46. The number of anilines is 1. The Balaban J connectivity index is 1.55. The molecule has 29 heavy (non-hydrogen) atoms. The minimum absolute atomic E-state index is 0.200. The third-order valence-corrected chi connectivity index (χ3v) is 5.37. The van der Waals surface area contributed by atoms with Gasteiger partial charge in [-0.15, -0.1) is 0 Å². The van der Waals surface area contributed by atoms with E-state index in [1.54, 1.807) is 17.8 Å². The molecule has 1 amide bonds. The predicted octanol–water partition coefficient (Wildman–Crippen LogP) is 4.86. The predicted molar refractivity (Wildman–Crippen MR) is 113 cm³/mol. The van der Waals surface area contributed by atoms with Crippen LogP contribution in [-0.2, 0) is 0 Å². The Morgan fingerprint density at radius 2 is 1.86 bits per heavy atom. The van der Waals surface area contributed by atoms with Crippen molar-refractivity contribution in [2.24, 2.45) is 0 Å². The molecule has 0 aliphatic carbocycles. The number of aryl methyl sites for hydroxylation is 3. The molecule has 1 N–H and O–H groups in total. The monoisotopic (exact) mass is 451 g/mol. The summed E-state index contributed by atoms with van der Waals surface area (Å²) in [5.74, 6) is 0.855. The summed E-state index contributed by atoms with van der Waals surface area (Å²) in [6.07, 6.45) is 1.73. The zero-order valence-corrected chi connectivity index (χ0v) is 17.7. The van der Waals surface area contributed by atoms with E-state index in [4.69, 9.17) is 4.52 Å². The zero-order chi connectivity index (χ0) is 20.5. The molecule has 0 unspecified atom stereocenters. The lowest BCUT2D eigenvalue weighted by Gasteiger charge is -2.06. The summed E-state index contributed by atoms with van der Waals surface area (Å²) in [4.78, 5) is 16.9. The van der Waals surface area contributed by atoms with Gasteiger partial charge in [-0.1, -0.05) is 21.1 Å². The fourth-order valence-corrected chi connectivity index (χ4v) is 3.16. The van der Waals surface area contributed by atoms with E-state index in [1.807, 2.05) is 56.3 Å². The summed E-state index contributed by atoms with van der Waals surface area (Å²) in [5.41, 5.74) is 4.63. The van der Waals surface area contributed by atoms with E-state index in [2.05, 4.69) is 36.5 Å². The molecule has 4 rings (SSSR count). The van der Waals surface area contributed by atoms with E-state index in [0.29, 0.717) is 23.0 Å². The Morgan fingerprint density at radius 3 is 2.52 bits per heavy atom. The van der Waals surface area contributed by atoms with Crippen LogP contribution in [0.15, 0.2) is 57.7 Å². The van der Waals surface area contributed by atoms with Crippen LogP contribution in [0.2, 0.25) is 0 Å². The molecule has 2 aromatic heterocycles. The molecule has 8 heteroatoms. The summed E-state index contributed by atoms with van der Waals surface area (Å²) in [6, 6.07) is 13.3. The maximum Gasteiger partial charge on any atom is 0.259 e. The molecular formula is C21H18BrN5O2. The van der Waals surface area contributed by atoms with Gasteiger partial charge in [-0.2, -0.15) is 10.1 Å². The van der Waals surface area contributed by atoms with Crippen molar-refractivity contribution in [3.8, 4) is 17.1 Å². The number of amides is 1. The van der Waals surface area contributed by atoms with Gasteiger partial charge in [0.25, 0.3) is 5.91 Å². The van der Waals surface area contributed by atoms with Crippen LogP contribution in [0.3, 0.4) is 0 Å². The number of rotatable bonds is 4. The lowest BCUT2D eigenvalue weighted by atomic mass is 10.2. The highest BCUT2D eigenvalue weighted by Gasteiger charge is 2.15. The quantitative estimate of drug-likeness (QED) is 0.478. The first-order chi connectivity index (χ1) is 13.9. The Hall–Kier alpha value is -3.26. The molecule has 0 saturated carbocycles. The van der Waals surface area contributed by atoms with Crippen LogP contribution >= 0.6 is 15.9 Å². The molecule has 0 bridgehead atoms. The van der Waals surface area contributed by atoms with Gasteiger partial charge < -0.3 is 9.84 Å². The summed E-state index contributed by atoms with van der Waals surface area (Å²) in [5, 5.41) is 11.3. The first-order valence-electron chi connectivity index (χ1n) is 8.95. The number of benzene rings is 2. The summed E-state index contributed by atoms with van der Waals surface area (Å²) < 4.78 is 7.70. The molecule has 0 saturated heterocycles. The first kappa shape index (κ1) is 19.1. The molecule has 2 aromatic carbocycles. The van der Waals surface area contributed by atoms with Crippen LogP contribution in [0.5, 0.6) is 0 Å². The molecule has 2 heterocycles. The van der Waals surface area contributed by atoms with E-state index in [-0.39, 0.29) is 5.91 Å². The Kier molecular flexibility index (Phi) is 5.02. The van der Waals surface area contributed by atoms with Crippen LogP contribution in [0.4, 0.5) is 5.69 Å².